The number of nitrogens with one attached hydrogen (secondary N) is 1. The third-order valence-electron chi connectivity index (χ3n) is 16.8. The van der Waals surface area contributed by atoms with E-state index in [-0.39, 0.29) is 24.1 Å². The number of nitrogens with zero attached hydrogens (tertiary/aromatic N) is 3. The van der Waals surface area contributed by atoms with E-state index in [1.54, 1.807) is 19.2 Å². The number of likely N-dealkylation sites (N-methyl/N-ethyl adjacent to an activating group) is 1. The van der Waals surface area contributed by atoms with Crippen LogP contribution in [0.2, 0.25) is 0 Å². The molecule has 0 amide bonds. The highest BCUT2D eigenvalue weighted by Crippen LogP contribution is 2.68. The Labute approximate surface area is 395 Å². The molecule has 1 aliphatic carbocycles. The molecule has 1 aromatic heterocycles. The van der Waals surface area contributed by atoms with Crippen LogP contribution in [0, 0.1) is 11.3 Å². The number of piperidine rings is 1. The van der Waals surface area contributed by atoms with Crippen molar-refractivity contribution in [1.29, 1.82) is 0 Å². The van der Waals surface area contributed by atoms with Crippen molar-refractivity contribution in [3.8, 4) is 11.5 Å². The summed E-state index contributed by atoms with van der Waals surface area (Å²) in [4.78, 5) is 55.3. The molecule has 14 nitrogen and oxygen atoms in total. The SMILES string of the molecule is CC[C@]1(O)C[C@H]2CN(CCc3c([nH]c4ccc(Sc5ccccc5O)cc34)[C@@](C(=O)OC)(c3cc4c(cc3OC)N(C)C3[C@]45CCN4CC=C[C@@](CC)([C@@H](OC(C)=O)[C@]3(O)C(=O)OC)[C@H]45)C2)C1. The Balaban J connectivity index is 1.26. The highest BCUT2D eigenvalue weighted by molar-refractivity contribution is 7.99. The predicted molar refractivity (Wildman–Crippen MR) is 253 cm³/mol. The molecule has 6 heterocycles. The quantitative estimate of drug-likeness (QED) is 0.0895. The first-order chi connectivity index (χ1) is 32.1. The number of carbonyl (C=O) groups excluding carboxylic acids is 3. The average Bonchev–Trinajstić information content (AvgIpc) is 3.98. The van der Waals surface area contributed by atoms with Gasteiger partial charge >= 0.3 is 17.9 Å². The number of hydrogen-bond donors (Lipinski definition) is 4. The first kappa shape index (κ1) is 45.7. The maximum Gasteiger partial charge on any atom is 0.344 e. The largest absolute Gasteiger partial charge is 0.507 e. The molecule has 15 heteroatoms. The summed E-state index contributed by atoms with van der Waals surface area (Å²) < 4.78 is 24.2. The molecule has 1 spiro atoms. The minimum atomic E-state index is -2.34. The fourth-order valence-electron chi connectivity index (χ4n) is 14.3. The third kappa shape index (κ3) is 6.40. The van der Waals surface area contributed by atoms with Gasteiger partial charge in [-0.2, -0.15) is 0 Å². The lowest BCUT2D eigenvalue weighted by Crippen LogP contribution is -2.81. The fourth-order valence-corrected chi connectivity index (χ4v) is 15.2. The Hall–Kier alpha value is -5.06. The van der Waals surface area contributed by atoms with Gasteiger partial charge < -0.3 is 44.2 Å². The van der Waals surface area contributed by atoms with Gasteiger partial charge in [-0.1, -0.05) is 49.9 Å². The van der Waals surface area contributed by atoms with Crippen molar-refractivity contribution in [2.45, 2.75) is 109 Å². The molecule has 2 bridgehead atoms. The highest BCUT2D eigenvalue weighted by atomic mass is 32.2. The second-order valence-corrected chi connectivity index (χ2v) is 21.1. The number of carbonyl (C=O) groups is 3. The van der Waals surface area contributed by atoms with Crippen molar-refractivity contribution in [3.05, 3.63) is 89.1 Å². The van der Waals surface area contributed by atoms with Gasteiger partial charge in [-0.15, -0.1) is 0 Å². The number of ether oxygens (including phenoxy) is 4. The summed E-state index contributed by atoms with van der Waals surface area (Å²) in [5.74, 6) is -1.55. The van der Waals surface area contributed by atoms with Gasteiger partial charge in [0.2, 0.25) is 5.60 Å². The lowest BCUT2D eigenvalue weighted by molar-refractivity contribution is -0.228. The lowest BCUT2D eigenvalue weighted by Gasteiger charge is -2.63. The first-order valence-corrected chi connectivity index (χ1v) is 24.4. The minimum Gasteiger partial charge on any atom is -0.507 e. The van der Waals surface area contributed by atoms with Gasteiger partial charge in [0, 0.05) is 95.8 Å². The summed E-state index contributed by atoms with van der Waals surface area (Å²) in [5.41, 5.74) is -2.20. The summed E-state index contributed by atoms with van der Waals surface area (Å²) in [7, 11) is 6.11. The summed E-state index contributed by atoms with van der Waals surface area (Å²) >= 11 is 1.46. The maximum absolute atomic E-state index is 15.6. The molecule has 4 aromatic rings. The van der Waals surface area contributed by atoms with Crippen LogP contribution in [0.4, 0.5) is 5.69 Å². The van der Waals surface area contributed by atoms with E-state index >= 15 is 4.79 Å². The van der Waals surface area contributed by atoms with E-state index < -0.39 is 57.5 Å². The van der Waals surface area contributed by atoms with E-state index in [4.69, 9.17) is 18.9 Å². The van der Waals surface area contributed by atoms with Gasteiger partial charge in [0.05, 0.1) is 37.9 Å². The van der Waals surface area contributed by atoms with E-state index in [2.05, 4.69) is 26.9 Å². The summed E-state index contributed by atoms with van der Waals surface area (Å²) in [6, 6.07) is 16.1. The van der Waals surface area contributed by atoms with Gasteiger partial charge in [-0.3, -0.25) is 19.4 Å². The Morgan fingerprint density at radius 1 is 0.925 bits per heavy atom. The number of phenolic OH excluding ortho intramolecular Hbond substituents is 1. The van der Waals surface area contributed by atoms with Crippen LogP contribution in [0.25, 0.3) is 10.9 Å². The summed E-state index contributed by atoms with van der Waals surface area (Å²) in [6.07, 6.45) is 5.63. The van der Waals surface area contributed by atoms with Gasteiger partial charge in [-0.05, 0) is 98.5 Å². The van der Waals surface area contributed by atoms with Gasteiger partial charge in [0.1, 0.15) is 16.9 Å². The van der Waals surface area contributed by atoms with Crippen LogP contribution in [-0.2, 0) is 45.8 Å². The third-order valence-corrected chi connectivity index (χ3v) is 17.8. The molecule has 356 valence electrons. The van der Waals surface area contributed by atoms with Crippen molar-refractivity contribution < 1.29 is 48.7 Å². The molecule has 0 radical (unpaired) electrons. The monoisotopic (exact) mass is 934 g/mol. The Morgan fingerprint density at radius 2 is 1.70 bits per heavy atom. The topological polar surface area (TPSA) is 174 Å². The van der Waals surface area contributed by atoms with Crippen LogP contribution in [-0.4, -0.2) is 139 Å². The number of aromatic nitrogens is 1. The van der Waals surface area contributed by atoms with Crippen LogP contribution in [0.1, 0.15) is 75.3 Å². The number of phenols is 1. The number of rotatable bonds is 9. The number of anilines is 1. The summed E-state index contributed by atoms with van der Waals surface area (Å²) in [6.45, 7) is 8.39. The minimum absolute atomic E-state index is 0.157. The first-order valence-electron chi connectivity index (χ1n) is 23.6. The fraction of sp³-hybridized carbons (Fsp3) is 0.519. The van der Waals surface area contributed by atoms with Gasteiger partial charge in [0.15, 0.2) is 6.10 Å². The second-order valence-electron chi connectivity index (χ2n) is 19.9. The molecular weight excluding hydrogens is 873 g/mol. The number of fused-ring (bicyclic) bond motifs is 6. The Kier molecular flexibility index (Phi) is 11.1. The molecule has 1 saturated carbocycles. The van der Waals surface area contributed by atoms with Crippen LogP contribution in [0.5, 0.6) is 11.5 Å². The lowest BCUT2D eigenvalue weighted by atomic mass is 9.47. The van der Waals surface area contributed by atoms with Crippen LogP contribution < -0.4 is 9.64 Å². The van der Waals surface area contributed by atoms with E-state index in [1.165, 1.54) is 32.9 Å². The van der Waals surface area contributed by atoms with E-state index in [0.29, 0.717) is 87.5 Å². The number of aromatic amines is 1. The number of aromatic hydroxyl groups is 1. The molecule has 10 rings (SSSR count). The summed E-state index contributed by atoms with van der Waals surface area (Å²) in [5, 5.41) is 37.3. The molecule has 3 aromatic carbocycles. The van der Waals surface area contributed by atoms with E-state index in [9.17, 15) is 24.9 Å². The number of aliphatic hydroxyl groups is 2. The molecule has 3 fully saturated rings. The van der Waals surface area contributed by atoms with E-state index in [1.807, 2.05) is 68.3 Å². The molecule has 4 N–H and O–H groups in total. The van der Waals surface area contributed by atoms with Gasteiger partial charge in [-0.25, -0.2) is 4.79 Å². The molecule has 2 unspecified atom stereocenters. The Bertz CT molecular complexity index is 2710. The smallest absolute Gasteiger partial charge is 0.344 e. The van der Waals surface area contributed by atoms with Crippen molar-refractivity contribution in [3.63, 3.8) is 0 Å². The second kappa shape index (κ2) is 16.3. The zero-order valence-electron chi connectivity index (χ0n) is 39.4. The van der Waals surface area contributed by atoms with Crippen LogP contribution >= 0.6 is 11.8 Å². The van der Waals surface area contributed by atoms with Gasteiger partial charge in [0.25, 0.3) is 0 Å². The predicted octanol–water partition coefficient (Wildman–Crippen LogP) is 5.85. The number of para-hydroxylation sites is 1. The number of esters is 3. The number of hydrogen-bond acceptors (Lipinski definition) is 14. The molecule has 6 aliphatic rings. The molecule has 67 heavy (non-hydrogen) atoms. The Morgan fingerprint density at radius 3 is 2.40 bits per heavy atom. The van der Waals surface area contributed by atoms with Crippen molar-refractivity contribution >= 4 is 46.3 Å². The molecule has 2 saturated heterocycles. The highest BCUT2D eigenvalue weighted by Gasteiger charge is 2.80. The molecule has 10 atom stereocenters. The normalized spacial score (nSPS) is 33.9. The maximum atomic E-state index is 15.6. The van der Waals surface area contributed by atoms with Crippen molar-refractivity contribution in [2.75, 3.05) is 66.0 Å². The van der Waals surface area contributed by atoms with Crippen molar-refractivity contribution in [2.24, 2.45) is 11.3 Å². The van der Waals surface area contributed by atoms with E-state index in [0.717, 1.165) is 31.8 Å². The number of methoxy groups -OCH3 is 3. The van der Waals surface area contributed by atoms with Crippen LogP contribution in [0.3, 0.4) is 0 Å². The molecular formula is C52H62N4O10S. The average molecular weight is 935 g/mol. The number of benzene rings is 3. The zero-order valence-corrected chi connectivity index (χ0v) is 40.2. The number of H-pyrrole nitrogens is 1. The van der Waals surface area contributed by atoms with Crippen LogP contribution in [0.15, 0.2) is 76.5 Å². The molecule has 5 aliphatic heterocycles. The zero-order chi connectivity index (χ0) is 47.4. The standard InChI is InChI=1S/C52H62N4O10S/c1-8-48(61)26-31-27-51(46(59)64-6,42-33(17-21-55(28-31)29-48)34-23-32(15-16-37(34)53-42)67-41-14-11-10-13-39(41)58)36-24-35-38(25-40(36)63-5)54(4)44-50(35)19-22-56-20-12-18-49(9-2,43(50)56)45(66-30(3)57)52(44,62)47(60)65-7/h10-16,18,23-25,31,43-45,53,58,61-62H,8-9,17,19-22,26-29H2,1-7H3/t31-,43+,44?,45-,48+,49-,50-,51+,52+/m1/s1. The van der Waals surface area contributed by atoms with Crippen molar-refractivity contribution in [1.82, 2.24) is 14.8 Å².